The lowest BCUT2D eigenvalue weighted by Gasteiger charge is -2.04. The van der Waals surface area contributed by atoms with E-state index in [9.17, 15) is 14.7 Å². The summed E-state index contributed by atoms with van der Waals surface area (Å²) in [6, 6.07) is 14.6. The molecule has 0 aliphatic carbocycles. The molecule has 0 spiro atoms. The number of nitrogens with zero attached hydrogens (tertiary/aromatic N) is 4. The zero-order chi connectivity index (χ0) is 21.8. The third kappa shape index (κ3) is 4.73. The number of anilines is 1. The third-order valence-corrected chi connectivity index (χ3v) is 4.55. The number of carboxylic acid groups (broad SMARTS) is 1. The van der Waals surface area contributed by atoms with Crippen LogP contribution in [-0.4, -0.2) is 43.2 Å². The molecule has 1 amide bonds. The number of carboxylic acids is 1. The van der Waals surface area contributed by atoms with Gasteiger partial charge in [0, 0.05) is 11.8 Å². The fraction of sp³-hybridized carbons (Fsp3) is 0.136. The summed E-state index contributed by atoms with van der Waals surface area (Å²) in [6.45, 7) is 1.87. The predicted octanol–water partition coefficient (Wildman–Crippen LogP) is 2.95. The summed E-state index contributed by atoms with van der Waals surface area (Å²) < 4.78 is 6.94. The smallest absolute Gasteiger partial charge is 0.337 e. The van der Waals surface area contributed by atoms with Crippen LogP contribution in [0.5, 0.6) is 0 Å². The Hall–Kier alpha value is -4.11. The Morgan fingerprint density at radius 3 is 2.74 bits per heavy atom. The number of hydrogen-bond acceptors (Lipinski definition) is 6. The first-order valence-electron chi connectivity index (χ1n) is 9.48. The summed E-state index contributed by atoms with van der Waals surface area (Å²) in [5, 5.41) is 16.4. The summed E-state index contributed by atoms with van der Waals surface area (Å²) in [5.41, 5.74) is 3.16. The molecule has 0 saturated heterocycles. The molecule has 0 unspecified atom stereocenters. The van der Waals surface area contributed by atoms with Crippen molar-refractivity contribution in [2.45, 2.75) is 13.5 Å². The number of amides is 1. The Morgan fingerprint density at radius 2 is 1.97 bits per heavy atom. The van der Waals surface area contributed by atoms with E-state index >= 15 is 0 Å². The lowest BCUT2D eigenvalue weighted by molar-refractivity contribution is -0.121. The first-order valence-corrected chi connectivity index (χ1v) is 9.48. The highest BCUT2D eigenvalue weighted by Gasteiger charge is 2.13. The quantitative estimate of drug-likeness (QED) is 0.474. The van der Waals surface area contributed by atoms with E-state index in [4.69, 9.17) is 4.74 Å². The molecule has 3 heterocycles. The molecule has 0 aliphatic rings. The van der Waals surface area contributed by atoms with Gasteiger partial charge in [-0.1, -0.05) is 30.3 Å². The van der Waals surface area contributed by atoms with Crippen molar-refractivity contribution in [1.82, 2.24) is 19.6 Å². The second kappa shape index (κ2) is 8.72. The van der Waals surface area contributed by atoms with Crippen LogP contribution in [0.15, 0.2) is 60.9 Å². The van der Waals surface area contributed by atoms with E-state index in [2.05, 4.69) is 20.4 Å². The number of ether oxygens (including phenoxy) is 1. The number of fused-ring (bicyclic) bond motifs is 1. The number of benzene rings is 1. The Morgan fingerprint density at radius 1 is 1.16 bits per heavy atom. The number of aromatic nitrogens is 4. The minimum atomic E-state index is -1.05. The first-order chi connectivity index (χ1) is 15.0. The molecule has 0 atom stereocenters. The molecule has 0 radical (unpaired) electrons. The SMILES string of the molecule is Cc1ncc(-c2ccc3nc(NC(=O)COCc4ccccc4)cn3n2)cc1C(=O)O. The molecule has 0 bridgehead atoms. The lowest BCUT2D eigenvalue weighted by Crippen LogP contribution is -2.18. The van der Waals surface area contributed by atoms with Crippen LogP contribution in [0, 0.1) is 6.92 Å². The first kappa shape index (κ1) is 20.2. The number of pyridine rings is 1. The molecule has 156 valence electrons. The summed E-state index contributed by atoms with van der Waals surface area (Å²) in [4.78, 5) is 31.9. The Balaban J connectivity index is 1.44. The molecule has 1 aromatic carbocycles. The maximum atomic E-state index is 12.1. The van der Waals surface area contributed by atoms with E-state index in [1.54, 1.807) is 31.5 Å². The average molecular weight is 417 g/mol. The fourth-order valence-corrected chi connectivity index (χ4v) is 3.00. The number of rotatable bonds is 7. The van der Waals surface area contributed by atoms with Gasteiger partial charge in [0.05, 0.1) is 29.8 Å². The number of imidazole rings is 1. The van der Waals surface area contributed by atoms with Crippen molar-refractivity contribution in [2.24, 2.45) is 0 Å². The lowest BCUT2D eigenvalue weighted by atomic mass is 10.1. The summed E-state index contributed by atoms with van der Waals surface area (Å²) in [6.07, 6.45) is 3.15. The molecule has 0 aliphatic heterocycles. The monoisotopic (exact) mass is 417 g/mol. The molecule has 4 rings (SSSR count). The van der Waals surface area contributed by atoms with Crippen molar-refractivity contribution < 1.29 is 19.4 Å². The van der Waals surface area contributed by atoms with Crippen molar-refractivity contribution in [2.75, 3.05) is 11.9 Å². The molecular formula is C22H19N5O4. The molecule has 2 N–H and O–H groups in total. The van der Waals surface area contributed by atoms with Crippen LogP contribution < -0.4 is 5.32 Å². The maximum absolute atomic E-state index is 12.1. The largest absolute Gasteiger partial charge is 0.478 e. The predicted molar refractivity (Wildman–Crippen MR) is 113 cm³/mol. The molecule has 31 heavy (non-hydrogen) atoms. The highest BCUT2D eigenvalue weighted by Crippen LogP contribution is 2.20. The van der Waals surface area contributed by atoms with E-state index in [0.29, 0.717) is 35.0 Å². The second-order valence-electron chi connectivity index (χ2n) is 6.84. The number of aryl methyl sites for hydroxylation is 1. The Kier molecular flexibility index (Phi) is 5.67. The fourth-order valence-electron chi connectivity index (χ4n) is 3.00. The molecule has 3 aromatic heterocycles. The van der Waals surface area contributed by atoms with Gasteiger partial charge in [0.1, 0.15) is 6.61 Å². The number of aromatic carboxylic acids is 1. The van der Waals surface area contributed by atoms with Crippen molar-refractivity contribution in [3.63, 3.8) is 0 Å². The van der Waals surface area contributed by atoms with Crippen LogP contribution in [-0.2, 0) is 16.1 Å². The minimum absolute atomic E-state index is 0.103. The van der Waals surface area contributed by atoms with Gasteiger partial charge < -0.3 is 15.2 Å². The van der Waals surface area contributed by atoms with Crippen molar-refractivity contribution in [3.8, 4) is 11.3 Å². The average Bonchev–Trinajstić information content (AvgIpc) is 3.16. The van der Waals surface area contributed by atoms with Gasteiger partial charge in [-0.15, -0.1) is 0 Å². The number of carbonyl (C=O) groups excluding carboxylic acids is 1. The van der Waals surface area contributed by atoms with Gasteiger partial charge in [0.25, 0.3) is 5.91 Å². The van der Waals surface area contributed by atoms with E-state index in [1.807, 2.05) is 30.3 Å². The number of carbonyl (C=O) groups is 2. The van der Waals surface area contributed by atoms with Crippen molar-refractivity contribution in [3.05, 3.63) is 77.7 Å². The Bertz CT molecular complexity index is 1250. The number of hydrogen-bond donors (Lipinski definition) is 2. The molecule has 9 heteroatoms. The van der Waals surface area contributed by atoms with E-state index in [-0.39, 0.29) is 18.1 Å². The minimum Gasteiger partial charge on any atom is -0.478 e. The highest BCUT2D eigenvalue weighted by molar-refractivity contribution is 5.91. The standard InChI is InChI=1S/C22H19N5O4/c1-14-17(22(29)30)9-16(10-23-14)18-7-8-20-24-19(11-27(20)26-18)25-21(28)13-31-12-15-5-3-2-4-6-15/h2-11H,12-13H2,1H3,(H,25,28)(H,29,30). The molecular weight excluding hydrogens is 398 g/mol. The van der Waals surface area contributed by atoms with Crippen molar-refractivity contribution >= 4 is 23.3 Å². The van der Waals surface area contributed by atoms with Gasteiger partial charge >= 0.3 is 5.97 Å². The van der Waals surface area contributed by atoms with Gasteiger partial charge in [0.15, 0.2) is 11.5 Å². The van der Waals surface area contributed by atoms with Crippen molar-refractivity contribution in [1.29, 1.82) is 0 Å². The molecule has 4 aromatic rings. The summed E-state index contributed by atoms with van der Waals surface area (Å²) in [5.74, 6) is -1.03. The molecule has 0 fully saturated rings. The highest BCUT2D eigenvalue weighted by atomic mass is 16.5. The van der Waals surface area contributed by atoms with Crippen LogP contribution in [0.1, 0.15) is 21.6 Å². The van der Waals surface area contributed by atoms with Gasteiger partial charge in [-0.25, -0.2) is 14.3 Å². The molecule has 0 saturated carbocycles. The summed E-state index contributed by atoms with van der Waals surface area (Å²) >= 11 is 0. The normalized spacial score (nSPS) is 10.9. The Labute approximate surface area is 177 Å². The maximum Gasteiger partial charge on any atom is 0.337 e. The van der Waals surface area contributed by atoms with Gasteiger partial charge in [-0.2, -0.15) is 5.10 Å². The zero-order valence-corrected chi connectivity index (χ0v) is 16.6. The van der Waals surface area contributed by atoms with E-state index in [0.717, 1.165) is 5.56 Å². The van der Waals surface area contributed by atoms with Crippen LogP contribution in [0.4, 0.5) is 5.82 Å². The van der Waals surface area contributed by atoms with Crippen LogP contribution >= 0.6 is 0 Å². The van der Waals surface area contributed by atoms with Gasteiger partial charge in [-0.05, 0) is 30.7 Å². The van der Waals surface area contributed by atoms with E-state index < -0.39 is 5.97 Å². The summed E-state index contributed by atoms with van der Waals surface area (Å²) in [7, 11) is 0. The van der Waals surface area contributed by atoms with Crippen LogP contribution in [0.25, 0.3) is 16.9 Å². The molecule has 9 nitrogen and oxygen atoms in total. The topological polar surface area (TPSA) is 119 Å². The van der Waals surface area contributed by atoms with E-state index in [1.165, 1.54) is 10.6 Å². The van der Waals surface area contributed by atoms with Gasteiger partial charge in [-0.3, -0.25) is 9.78 Å². The second-order valence-corrected chi connectivity index (χ2v) is 6.84. The van der Waals surface area contributed by atoms with Crippen LogP contribution in [0.2, 0.25) is 0 Å². The number of nitrogens with one attached hydrogen (secondary N) is 1. The van der Waals surface area contributed by atoms with Crippen LogP contribution in [0.3, 0.4) is 0 Å². The van der Waals surface area contributed by atoms with Gasteiger partial charge in [0.2, 0.25) is 0 Å². The third-order valence-electron chi connectivity index (χ3n) is 4.55. The zero-order valence-electron chi connectivity index (χ0n) is 16.6.